The molecule has 1 unspecified atom stereocenters. The van der Waals surface area contributed by atoms with Gasteiger partial charge in [0, 0.05) is 0 Å². The smallest absolute Gasteiger partial charge is 0.326 e. The molecule has 1 aromatic carbocycles. The third kappa shape index (κ3) is 1.32. The Balaban J connectivity index is 2.48. The zero-order valence-electron chi connectivity index (χ0n) is 9.18. The van der Waals surface area contributed by atoms with Crippen LogP contribution in [0.15, 0.2) is 30.3 Å². The van der Waals surface area contributed by atoms with E-state index in [2.05, 4.69) is 4.79 Å². The summed E-state index contributed by atoms with van der Waals surface area (Å²) < 4.78 is 5.54. The molecule has 0 spiro atoms. The maximum atomic E-state index is 11.9. The van der Waals surface area contributed by atoms with Crippen molar-refractivity contribution in [2.24, 2.45) is 0 Å². The second-order valence-corrected chi connectivity index (χ2v) is 4.27. The molecule has 1 saturated heterocycles. The van der Waals surface area contributed by atoms with Crippen molar-refractivity contribution in [3.8, 4) is 0 Å². The first-order valence-electron chi connectivity index (χ1n) is 5.02. The second kappa shape index (κ2) is 3.37. The highest BCUT2D eigenvalue weighted by molar-refractivity contribution is 6.30. The van der Waals surface area contributed by atoms with Crippen LogP contribution in [0.5, 0.6) is 0 Å². The Morgan fingerprint density at radius 1 is 1.38 bits per heavy atom. The van der Waals surface area contributed by atoms with Crippen LogP contribution in [-0.2, 0) is 15.1 Å². The highest BCUT2D eigenvalue weighted by atomic mass is 16.6. The van der Waals surface area contributed by atoms with Crippen LogP contribution in [0.25, 0.3) is 5.53 Å². The number of epoxide rings is 1. The van der Waals surface area contributed by atoms with Crippen molar-refractivity contribution >= 4 is 12.0 Å². The van der Waals surface area contributed by atoms with Gasteiger partial charge in [0.1, 0.15) is 5.60 Å². The number of hydrogen-bond acceptors (Lipinski definition) is 2. The van der Waals surface area contributed by atoms with Gasteiger partial charge < -0.3 is 10.3 Å². The minimum absolute atomic E-state index is 0.341. The molecule has 2 rings (SSSR count). The summed E-state index contributed by atoms with van der Waals surface area (Å²) in [5, 5.41) is 0. The quantitative estimate of drug-likeness (QED) is 0.333. The summed E-state index contributed by atoms with van der Waals surface area (Å²) in [5.74, 6) is -0.341. The largest absolute Gasteiger partial charge is 0.361 e. The van der Waals surface area contributed by atoms with Gasteiger partial charge in [0.15, 0.2) is 5.60 Å². The van der Waals surface area contributed by atoms with Crippen LogP contribution in [0.1, 0.15) is 19.4 Å². The first kappa shape index (κ1) is 10.7. The summed E-state index contributed by atoms with van der Waals surface area (Å²) in [6.07, 6.45) is 0.891. The van der Waals surface area contributed by atoms with E-state index < -0.39 is 11.2 Å². The zero-order chi connectivity index (χ0) is 11.8. The third-order valence-corrected chi connectivity index (χ3v) is 2.92. The first-order chi connectivity index (χ1) is 7.54. The fourth-order valence-corrected chi connectivity index (χ4v) is 2.07. The molecule has 4 heteroatoms. The van der Waals surface area contributed by atoms with Crippen molar-refractivity contribution in [3.05, 3.63) is 41.4 Å². The van der Waals surface area contributed by atoms with Crippen molar-refractivity contribution in [1.29, 1.82) is 0 Å². The van der Waals surface area contributed by atoms with Gasteiger partial charge in [0.25, 0.3) is 5.78 Å². The van der Waals surface area contributed by atoms with Gasteiger partial charge in [0.2, 0.25) is 0 Å². The normalized spacial score (nSPS) is 25.6. The van der Waals surface area contributed by atoms with Gasteiger partial charge >= 0.3 is 6.21 Å². The molecule has 0 saturated carbocycles. The van der Waals surface area contributed by atoms with Gasteiger partial charge in [-0.25, -0.2) is 0 Å². The number of nitrogens with zero attached hydrogens (tertiary/aromatic N) is 2. The monoisotopic (exact) mass is 216 g/mol. The van der Waals surface area contributed by atoms with Crippen LogP contribution in [0.4, 0.5) is 0 Å². The highest BCUT2D eigenvalue weighted by Crippen LogP contribution is 2.55. The summed E-state index contributed by atoms with van der Waals surface area (Å²) in [5.41, 5.74) is 7.66. The van der Waals surface area contributed by atoms with E-state index in [9.17, 15) is 4.79 Å². The fraction of sp³-hybridized carbons (Fsp3) is 0.333. The third-order valence-electron chi connectivity index (χ3n) is 2.92. The molecule has 0 amide bonds. The Morgan fingerprint density at radius 3 is 2.38 bits per heavy atom. The number of carbonyl (C=O) groups excluding carboxylic acids is 1. The maximum absolute atomic E-state index is 11.9. The van der Waals surface area contributed by atoms with Crippen LogP contribution in [0, 0.1) is 0 Å². The zero-order valence-corrected chi connectivity index (χ0v) is 9.18. The number of carbonyl (C=O) groups is 1. The predicted molar refractivity (Wildman–Crippen MR) is 58.0 cm³/mol. The summed E-state index contributed by atoms with van der Waals surface area (Å²) in [6.45, 7) is 3.67. The number of ether oxygens (including phenoxy) is 1. The molecule has 1 fully saturated rings. The number of benzene rings is 1. The number of Topliss-reactive ketones (excluding diaryl/α,β-unsaturated/α-hetero) is 1. The van der Waals surface area contributed by atoms with E-state index in [1.807, 2.05) is 44.2 Å². The van der Waals surface area contributed by atoms with E-state index in [1.54, 1.807) is 0 Å². The van der Waals surface area contributed by atoms with E-state index in [0.29, 0.717) is 0 Å². The molecule has 1 heterocycles. The van der Waals surface area contributed by atoms with Gasteiger partial charge in [-0.3, -0.25) is 4.79 Å². The molecule has 82 valence electrons. The summed E-state index contributed by atoms with van der Waals surface area (Å²) in [4.78, 5) is 14.7. The maximum Gasteiger partial charge on any atom is 0.326 e. The Bertz CT molecular complexity index is 475. The van der Waals surface area contributed by atoms with E-state index >= 15 is 0 Å². The average molecular weight is 216 g/mol. The van der Waals surface area contributed by atoms with Crippen LogP contribution < -0.4 is 0 Å². The molecule has 4 nitrogen and oxygen atoms in total. The average Bonchev–Trinajstić information content (AvgIpc) is 2.85. The van der Waals surface area contributed by atoms with Crippen LogP contribution in [0.2, 0.25) is 0 Å². The standard InChI is InChI=1S/C12H12N2O2/c1-11(2)12(16-11,10(15)8-14-13)9-6-4-3-5-7-9/h3-8H,1-2H3. The minimum atomic E-state index is -1.000. The first-order valence-corrected chi connectivity index (χ1v) is 5.02. The van der Waals surface area contributed by atoms with Gasteiger partial charge in [-0.05, 0) is 19.4 Å². The lowest BCUT2D eigenvalue weighted by molar-refractivity contribution is -0.121. The second-order valence-electron chi connectivity index (χ2n) is 4.27. The molecular formula is C12H12N2O2. The highest BCUT2D eigenvalue weighted by Gasteiger charge is 2.70. The molecule has 1 aliphatic rings. The van der Waals surface area contributed by atoms with Gasteiger partial charge in [-0.1, -0.05) is 30.3 Å². The van der Waals surface area contributed by atoms with Crippen molar-refractivity contribution in [1.82, 2.24) is 0 Å². The Kier molecular flexibility index (Phi) is 2.26. The van der Waals surface area contributed by atoms with E-state index in [0.717, 1.165) is 11.8 Å². The molecular weight excluding hydrogens is 204 g/mol. The van der Waals surface area contributed by atoms with E-state index in [1.165, 1.54) is 0 Å². The Labute approximate surface area is 93.5 Å². The lowest BCUT2D eigenvalue weighted by Crippen LogP contribution is -2.30. The lowest BCUT2D eigenvalue weighted by Gasteiger charge is -2.09. The van der Waals surface area contributed by atoms with Crippen molar-refractivity contribution in [3.63, 3.8) is 0 Å². The van der Waals surface area contributed by atoms with Crippen LogP contribution >= 0.6 is 0 Å². The summed E-state index contributed by atoms with van der Waals surface area (Å²) in [7, 11) is 0. The van der Waals surface area contributed by atoms with Crippen molar-refractivity contribution < 1.29 is 14.3 Å². The molecule has 1 aromatic rings. The summed E-state index contributed by atoms with van der Waals surface area (Å²) >= 11 is 0. The van der Waals surface area contributed by atoms with Gasteiger partial charge in [-0.2, -0.15) is 4.79 Å². The predicted octanol–water partition coefficient (Wildman–Crippen LogP) is 1.56. The molecule has 1 atom stereocenters. The van der Waals surface area contributed by atoms with E-state index in [-0.39, 0.29) is 5.78 Å². The van der Waals surface area contributed by atoms with Crippen molar-refractivity contribution in [2.75, 3.05) is 0 Å². The van der Waals surface area contributed by atoms with Gasteiger partial charge in [-0.15, -0.1) is 0 Å². The molecule has 0 bridgehead atoms. The molecule has 0 radical (unpaired) electrons. The Hall–Kier alpha value is -1.77. The molecule has 1 aliphatic heterocycles. The topological polar surface area (TPSA) is 66.0 Å². The SMILES string of the molecule is CC1(C)OC1(C(=O)C=[N+]=[N-])c1ccccc1. The summed E-state index contributed by atoms with van der Waals surface area (Å²) in [6, 6.07) is 9.23. The van der Waals surface area contributed by atoms with Crippen LogP contribution in [0.3, 0.4) is 0 Å². The molecule has 0 N–H and O–H groups in total. The van der Waals surface area contributed by atoms with Gasteiger partial charge in [0.05, 0.1) is 0 Å². The molecule has 0 aromatic heterocycles. The molecule has 0 aliphatic carbocycles. The number of hydrogen-bond donors (Lipinski definition) is 0. The van der Waals surface area contributed by atoms with Crippen molar-refractivity contribution in [2.45, 2.75) is 25.0 Å². The Morgan fingerprint density at radius 2 is 1.94 bits per heavy atom. The molecule has 16 heavy (non-hydrogen) atoms. The number of rotatable bonds is 3. The lowest BCUT2D eigenvalue weighted by atomic mass is 9.85. The minimum Gasteiger partial charge on any atom is -0.361 e. The number of ketones is 1. The van der Waals surface area contributed by atoms with E-state index in [4.69, 9.17) is 10.3 Å². The van der Waals surface area contributed by atoms with Crippen LogP contribution in [-0.4, -0.2) is 22.4 Å². The fourth-order valence-electron chi connectivity index (χ4n) is 2.07.